The molecule has 70 heavy (non-hydrogen) atoms. The van der Waals surface area contributed by atoms with Crippen molar-refractivity contribution in [2.75, 3.05) is 39.3 Å². The Bertz CT molecular complexity index is 1070. The normalized spacial score (nSPS) is 11.4. The first kappa shape index (κ1) is 73.2. The van der Waals surface area contributed by atoms with Gasteiger partial charge in [0.05, 0.1) is 0 Å². The van der Waals surface area contributed by atoms with Gasteiger partial charge in [0.25, 0.3) is 0 Å². The highest BCUT2D eigenvalue weighted by atomic mass is 16.4. The molecule has 0 radical (unpaired) electrons. The second-order valence-corrected chi connectivity index (χ2v) is 18.2. The maximum absolute atomic E-state index is 10.3. The third-order valence-electron chi connectivity index (χ3n) is 11.1. The molecule has 0 spiro atoms. The standard InChI is InChI=1S/3C18H32O2.C6H18N4/c3*1-2-3-4-5-6-7-8-9-10-11-12-13-14-15-16-17-18(19)20;7-1-3-9-5-6-10-4-2-8/h3*6-7,9-10H,2-5,8,11-17H2,1H3,(H,19,20);9-10H,1-8H2/b3*7-6-,10-9-;. The van der Waals surface area contributed by atoms with Crippen molar-refractivity contribution in [3.8, 4) is 0 Å². The number of carboxylic acid groups (broad SMARTS) is 3. The molecule has 9 N–H and O–H groups in total. The molecule has 0 aliphatic heterocycles. The van der Waals surface area contributed by atoms with Crippen LogP contribution in [0, 0.1) is 0 Å². The first-order valence-electron chi connectivity index (χ1n) is 28.6. The van der Waals surface area contributed by atoms with Crippen LogP contribution in [0.15, 0.2) is 72.9 Å². The fourth-order valence-corrected chi connectivity index (χ4v) is 6.89. The maximum atomic E-state index is 10.3. The molecule has 0 amide bonds. The van der Waals surface area contributed by atoms with E-state index in [1.54, 1.807) is 0 Å². The van der Waals surface area contributed by atoms with Gasteiger partial charge in [-0.1, -0.05) is 190 Å². The van der Waals surface area contributed by atoms with Crippen molar-refractivity contribution in [2.24, 2.45) is 11.5 Å². The van der Waals surface area contributed by atoms with Gasteiger partial charge in [-0.15, -0.1) is 0 Å². The number of allylic oxidation sites excluding steroid dienone is 12. The molecule has 10 heteroatoms. The largest absolute Gasteiger partial charge is 0.481 e. The average Bonchev–Trinajstić information content (AvgIpc) is 3.34. The summed E-state index contributed by atoms with van der Waals surface area (Å²) in [5, 5.41) is 31.8. The highest BCUT2D eigenvalue weighted by Gasteiger charge is 1.98. The number of hydrogen-bond acceptors (Lipinski definition) is 7. The number of carboxylic acids is 3. The first-order valence-corrected chi connectivity index (χ1v) is 28.6. The van der Waals surface area contributed by atoms with Crippen LogP contribution in [0.25, 0.3) is 0 Å². The van der Waals surface area contributed by atoms with E-state index in [1.807, 2.05) is 0 Å². The smallest absolute Gasteiger partial charge is 0.303 e. The Hall–Kier alpha value is -3.31. The summed E-state index contributed by atoms with van der Waals surface area (Å²) in [6.07, 6.45) is 66.8. The van der Waals surface area contributed by atoms with E-state index >= 15 is 0 Å². The Morgan fingerprint density at radius 3 is 0.743 bits per heavy atom. The minimum Gasteiger partial charge on any atom is -0.481 e. The minimum atomic E-state index is -0.671. The van der Waals surface area contributed by atoms with Crippen molar-refractivity contribution >= 4 is 17.9 Å². The summed E-state index contributed by atoms with van der Waals surface area (Å²) in [5.41, 5.74) is 10.5. The zero-order valence-electron chi connectivity index (χ0n) is 45.8. The number of hydrogen-bond donors (Lipinski definition) is 7. The Balaban J connectivity index is -0.000000426. The van der Waals surface area contributed by atoms with E-state index < -0.39 is 17.9 Å². The molecular weight excluding hydrogens is 873 g/mol. The lowest BCUT2D eigenvalue weighted by Crippen LogP contribution is -2.32. The van der Waals surface area contributed by atoms with Gasteiger partial charge in [0.1, 0.15) is 0 Å². The van der Waals surface area contributed by atoms with E-state index in [0.717, 1.165) is 103 Å². The second-order valence-electron chi connectivity index (χ2n) is 18.2. The minimum absolute atomic E-state index is 0.324. The Morgan fingerprint density at radius 1 is 0.314 bits per heavy atom. The van der Waals surface area contributed by atoms with Crippen LogP contribution < -0.4 is 22.1 Å². The van der Waals surface area contributed by atoms with Gasteiger partial charge >= 0.3 is 17.9 Å². The molecule has 0 bridgehead atoms. The topological polar surface area (TPSA) is 188 Å². The number of nitrogens with two attached hydrogens (primary N) is 2. The number of aliphatic carboxylic acids is 3. The van der Waals surface area contributed by atoms with Gasteiger partial charge < -0.3 is 37.4 Å². The van der Waals surface area contributed by atoms with E-state index in [-0.39, 0.29) is 0 Å². The Kier molecular flexibility index (Phi) is 75.6. The van der Waals surface area contributed by atoms with Gasteiger partial charge in [0, 0.05) is 58.5 Å². The summed E-state index contributed by atoms with van der Waals surface area (Å²) < 4.78 is 0. The van der Waals surface area contributed by atoms with Gasteiger partial charge in [0.2, 0.25) is 0 Å². The molecule has 0 atom stereocenters. The van der Waals surface area contributed by atoms with E-state index in [0.29, 0.717) is 32.4 Å². The zero-order chi connectivity index (χ0) is 52.3. The predicted molar refractivity (Wildman–Crippen MR) is 305 cm³/mol. The fourth-order valence-electron chi connectivity index (χ4n) is 6.89. The second kappa shape index (κ2) is 72.2. The quantitative estimate of drug-likeness (QED) is 0.0228. The Morgan fingerprint density at radius 2 is 0.529 bits per heavy atom. The monoisotopic (exact) mass is 987 g/mol. The lowest BCUT2D eigenvalue weighted by molar-refractivity contribution is -0.138. The van der Waals surface area contributed by atoms with Gasteiger partial charge in [0.15, 0.2) is 0 Å². The molecule has 410 valence electrons. The highest BCUT2D eigenvalue weighted by Crippen LogP contribution is 2.11. The summed E-state index contributed by atoms with van der Waals surface area (Å²) in [7, 11) is 0. The third-order valence-corrected chi connectivity index (χ3v) is 11.1. The van der Waals surface area contributed by atoms with Crippen LogP contribution in [0.4, 0.5) is 0 Å². The molecule has 0 saturated heterocycles. The predicted octanol–water partition coefficient (Wildman–Crippen LogP) is 15.7. The van der Waals surface area contributed by atoms with Crippen molar-refractivity contribution in [1.82, 2.24) is 10.6 Å². The summed E-state index contributed by atoms with van der Waals surface area (Å²) in [4.78, 5) is 31.0. The van der Waals surface area contributed by atoms with E-state index in [4.69, 9.17) is 26.8 Å². The molecule has 0 aromatic rings. The number of carbonyl (C=O) groups is 3. The van der Waals surface area contributed by atoms with Gasteiger partial charge in [-0.2, -0.15) is 0 Å². The molecule has 0 aliphatic rings. The van der Waals surface area contributed by atoms with Crippen LogP contribution in [-0.4, -0.2) is 72.5 Å². The molecule has 0 rings (SSSR count). The molecule has 0 aliphatic carbocycles. The van der Waals surface area contributed by atoms with E-state index in [1.165, 1.54) is 135 Å². The van der Waals surface area contributed by atoms with Crippen LogP contribution >= 0.6 is 0 Å². The summed E-state index contributed by atoms with van der Waals surface area (Å²) in [5.74, 6) is -2.01. The molecule has 0 aromatic carbocycles. The third kappa shape index (κ3) is 87.7. The summed E-state index contributed by atoms with van der Waals surface area (Å²) in [6.45, 7) is 11.8. The Labute approximate surface area is 432 Å². The number of nitrogens with one attached hydrogen (secondary N) is 2. The first-order chi connectivity index (χ1) is 34.2. The van der Waals surface area contributed by atoms with Gasteiger partial charge in [-0.25, -0.2) is 0 Å². The average molecular weight is 988 g/mol. The molecule has 0 heterocycles. The van der Waals surface area contributed by atoms with Crippen LogP contribution in [0.5, 0.6) is 0 Å². The van der Waals surface area contributed by atoms with E-state index in [9.17, 15) is 14.4 Å². The van der Waals surface area contributed by atoms with Crippen molar-refractivity contribution in [3.63, 3.8) is 0 Å². The molecule has 10 nitrogen and oxygen atoms in total. The molecular formula is C60H114N4O6. The van der Waals surface area contributed by atoms with Gasteiger partial charge in [-0.3, -0.25) is 14.4 Å². The highest BCUT2D eigenvalue weighted by molar-refractivity contribution is 5.67. The van der Waals surface area contributed by atoms with Crippen LogP contribution in [0.1, 0.15) is 252 Å². The SMILES string of the molecule is CCCCC/C=C\C/C=C\CCCCCCCC(=O)O.CCCCC/C=C\C/C=C\CCCCCCCC(=O)O.CCCCC/C=C\C/C=C\CCCCCCCC(=O)O.NCCNCCNCCN. The van der Waals surface area contributed by atoms with Crippen molar-refractivity contribution < 1.29 is 29.7 Å². The molecule has 0 saturated carbocycles. The summed E-state index contributed by atoms with van der Waals surface area (Å²) in [6, 6.07) is 0. The van der Waals surface area contributed by atoms with Crippen LogP contribution in [0.2, 0.25) is 0 Å². The maximum Gasteiger partial charge on any atom is 0.303 e. The summed E-state index contributed by atoms with van der Waals surface area (Å²) >= 11 is 0. The fraction of sp³-hybridized carbons (Fsp3) is 0.750. The molecule has 0 fully saturated rings. The number of unbranched alkanes of at least 4 members (excludes halogenated alkanes) is 24. The molecule has 0 unspecified atom stereocenters. The van der Waals surface area contributed by atoms with Crippen LogP contribution in [0.3, 0.4) is 0 Å². The number of rotatable bonds is 49. The van der Waals surface area contributed by atoms with Crippen molar-refractivity contribution in [3.05, 3.63) is 72.9 Å². The zero-order valence-corrected chi connectivity index (χ0v) is 45.8. The van der Waals surface area contributed by atoms with E-state index in [2.05, 4.69) is 104 Å². The van der Waals surface area contributed by atoms with Crippen LogP contribution in [-0.2, 0) is 14.4 Å². The van der Waals surface area contributed by atoms with Crippen molar-refractivity contribution in [2.45, 2.75) is 252 Å². The lowest BCUT2D eigenvalue weighted by Gasteiger charge is -2.03. The van der Waals surface area contributed by atoms with Gasteiger partial charge in [-0.05, 0) is 116 Å². The lowest BCUT2D eigenvalue weighted by atomic mass is 10.1. The molecule has 0 aromatic heterocycles. The van der Waals surface area contributed by atoms with Crippen molar-refractivity contribution in [1.29, 1.82) is 0 Å².